The molecule has 1 fully saturated rings. The van der Waals surface area contributed by atoms with E-state index in [1.54, 1.807) is 0 Å². The van der Waals surface area contributed by atoms with Gasteiger partial charge in [-0.3, -0.25) is 0 Å². The molecule has 1 aromatic rings. The molecule has 0 aliphatic carbocycles. The van der Waals surface area contributed by atoms with E-state index in [-0.39, 0.29) is 5.54 Å². The second-order valence-corrected chi connectivity index (χ2v) is 7.53. The Labute approximate surface area is 139 Å². The first-order valence-electron chi connectivity index (χ1n) is 8.35. The van der Waals surface area contributed by atoms with Crippen LogP contribution < -0.4 is 0 Å². The maximum atomic E-state index is 5.98. The highest BCUT2D eigenvalue weighted by Gasteiger charge is 2.35. The Hall–Kier alpha value is -1.28. The fourth-order valence-electron chi connectivity index (χ4n) is 3.43. The van der Waals surface area contributed by atoms with Gasteiger partial charge < -0.3 is 4.90 Å². The van der Waals surface area contributed by atoms with Gasteiger partial charge in [-0.15, -0.1) is 0 Å². The van der Waals surface area contributed by atoms with E-state index in [9.17, 15) is 0 Å². The molecule has 3 heteroatoms. The summed E-state index contributed by atoms with van der Waals surface area (Å²) in [6.45, 7) is 8.08. The summed E-state index contributed by atoms with van der Waals surface area (Å²) < 4.78 is 2.45. The van der Waals surface area contributed by atoms with Crippen LogP contribution in [0, 0.1) is 0 Å². The van der Waals surface area contributed by atoms with Crippen molar-refractivity contribution in [2.75, 3.05) is 13.1 Å². The molecule has 0 bridgehead atoms. The standard InChI is InChI=1S/C19H26ClN2/c1-19(2)14-18(21-11-4-3-5-12-21)10-13-22(19)15-16-6-8-17(20)9-7-16/h6-10,13H,3-5,11-12,14-15H2,1-2H3/q+1. The SMILES string of the molecule is CC1(C)CC(N2CCCCC2)=CC=[N+]1Cc1ccc(Cl)cc1. The second-order valence-electron chi connectivity index (χ2n) is 7.10. The quantitative estimate of drug-likeness (QED) is 0.745. The van der Waals surface area contributed by atoms with Gasteiger partial charge in [0.05, 0.1) is 6.42 Å². The molecule has 3 rings (SSSR count). The smallest absolute Gasteiger partial charge is 0.168 e. The zero-order chi connectivity index (χ0) is 15.6. The summed E-state index contributed by atoms with van der Waals surface area (Å²) in [7, 11) is 0. The largest absolute Gasteiger partial charge is 0.374 e. The van der Waals surface area contributed by atoms with Crippen molar-refractivity contribution >= 4 is 17.8 Å². The van der Waals surface area contributed by atoms with Gasteiger partial charge in [-0.2, -0.15) is 0 Å². The highest BCUT2D eigenvalue weighted by Crippen LogP contribution is 2.28. The molecule has 1 saturated heterocycles. The molecule has 0 spiro atoms. The van der Waals surface area contributed by atoms with Crippen molar-refractivity contribution in [2.24, 2.45) is 0 Å². The van der Waals surface area contributed by atoms with E-state index in [1.165, 1.54) is 43.6 Å². The molecular formula is C19H26ClN2+. The zero-order valence-corrected chi connectivity index (χ0v) is 14.4. The van der Waals surface area contributed by atoms with Crippen LogP contribution >= 0.6 is 11.6 Å². The molecule has 2 aliphatic heterocycles. The Kier molecular flexibility index (Phi) is 4.58. The lowest BCUT2D eigenvalue weighted by atomic mass is 9.92. The van der Waals surface area contributed by atoms with Crippen LogP contribution in [-0.4, -0.2) is 34.3 Å². The molecule has 2 heterocycles. The van der Waals surface area contributed by atoms with Gasteiger partial charge in [0, 0.05) is 49.3 Å². The summed E-state index contributed by atoms with van der Waals surface area (Å²) in [6, 6.07) is 8.19. The summed E-state index contributed by atoms with van der Waals surface area (Å²) in [5.41, 5.74) is 2.97. The summed E-state index contributed by atoms with van der Waals surface area (Å²) >= 11 is 5.98. The number of nitrogens with zero attached hydrogens (tertiary/aromatic N) is 2. The molecule has 22 heavy (non-hydrogen) atoms. The number of hydrogen-bond donors (Lipinski definition) is 0. The van der Waals surface area contributed by atoms with Gasteiger partial charge in [0.15, 0.2) is 18.3 Å². The molecule has 0 aromatic heterocycles. The monoisotopic (exact) mass is 317 g/mol. The topological polar surface area (TPSA) is 6.25 Å². The number of rotatable bonds is 3. The molecule has 0 radical (unpaired) electrons. The highest BCUT2D eigenvalue weighted by molar-refractivity contribution is 6.30. The first-order chi connectivity index (χ1) is 10.5. The minimum Gasteiger partial charge on any atom is -0.374 e. The molecule has 0 unspecified atom stereocenters. The van der Waals surface area contributed by atoms with Gasteiger partial charge in [0.2, 0.25) is 0 Å². The maximum absolute atomic E-state index is 5.98. The number of piperidine rings is 1. The Morgan fingerprint density at radius 1 is 1.09 bits per heavy atom. The average molecular weight is 318 g/mol. The number of halogens is 1. The van der Waals surface area contributed by atoms with E-state index < -0.39 is 0 Å². The Morgan fingerprint density at radius 2 is 1.77 bits per heavy atom. The van der Waals surface area contributed by atoms with Crippen LogP contribution in [-0.2, 0) is 6.54 Å². The average Bonchev–Trinajstić information content (AvgIpc) is 2.52. The van der Waals surface area contributed by atoms with Crippen molar-refractivity contribution in [1.82, 2.24) is 4.90 Å². The third kappa shape index (κ3) is 3.55. The molecule has 2 nitrogen and oxygen atoms in total. The van der Waals surface area contributed by atoms with Crippen molar-refractivity contribution < 1.29 is 4.58 Å². The summed E-state index contributed by atoms with van der Waals surface area (Å²) in [5.74, 6) is 0. The van der Waals surface area contributed by atoms with E-state index in [1.807, 2.05) is 12.1 Å². The number of allylic oxidation sites excluding steroid dienone is 1. The van der Waals surface area contributed by atoms with Gasteiger partial charge in [0.25, 0.3) is 0 Å². The third-order valence-corrected chi connectivity index (χ3v) is 5.12. The minimum absolute atomic E-state index is 0.154. The predicted octanol–water partition coefficient (Wildman–Crippen LogP) is 4.48. The molecule has 118 valence electrons. The van der Waals surface area contributed by atoms with E-state index in [2.05, 4.69) is 47.7 Å². The Morgan fingerprint density at radius 3 is 2.41 bits per heavy atom. The summed E-state index contributed by atoms with van der Waals surface area (Å²) in [4.78, 5) is 2.58. The lowest BCUT2D eigenvalue weighted by Crippen LogP contribution is -2.43. The van der Waals surface area contributed by atoms with E-state index >= 15 is 0 Å². The first kappa shape index (κ1) is 15.6. The van der Waals surface area contributed by atoms with E-state index in [0.717, 1.165) is 18.0 Å². The van der Waals surface area contributed by atoms with E-state index in [4.69, 9.17) is 11.6 Å². The van der Waals surface area contributed by atoms with Crippen molar-refractivity contribution in [1.29, 1.82) is 0 Å². The van der Waals surface area contributed by atoms with Crippen molar-refractivity contribution in [3.05, 3.63) is 46.6 Å². The van der Waals surface area contributed by atoms with Gasteiger partial charge in [0.1, 0.15) is 0 Å². The van der Waals surface area contributed by atoms with Gasteiger partial charge in [-0.25, -0.2) is 4.58 Å². The highest BCUT2D eigenvalue weighted by atomic mass is 35.5. The molecule has 0 amide bonds. The fourth-order valence-corrected chi connectivity index (χ4v) is 3.56. The predicted molar refractivity (Wildman–Crippen MR) is 93.7 cm³/mol. The molecule has 0 atom stereocenters. The van der Waals surface area contributed by atoms with Crippen LogP contribution in [0.5, 0.6) is 0 Å². The van der Waals surface area contributed by atoms with Crippen molar-refractivity contribution in [3.63, 3.8) is 0 Å². The normalized spacial score (nSPS) is 21.3. The number of benzene rings is 1. The van der Waals surface area contributed by atoms with Gasteiger partial charge in [-0.05, 0) is 31.4 Å². The van der Waals surface area contributed by atoms with E-state index in [0.29, 0.717) is 0 Å². The van der Waals surface area contributed by atoms with Crippen LogP contribution in [0.3, 0.4) is 0 Å². The fraction of sp³-hybridized carbons (Fsp3) is 0.526. The molecule has 2 aliphatic rings. The maximum Gasteiger partial charge on any atom is 0.168 e. The lowest BCUT2D eigenvalue weighted by Gasteiger charge is -2.36. The van der Waals surface area contributed by atoms with Crippen molar-refractivity contribution in [2.45, 2.75) is 51.6 Å². The van der Waals surface area contributed by atoms with Gasteiger partial charge in [-0.1, -0.05) is 23.7 Å². The van der Waals surface area contributed by atoms with Crippen LogP contribution in [0.15, 0.2) is 36.0 Å². The molecule has 1 aromatic carbocycles. The summed E-state index contributed by atoms with van der Waals surface area (Å²) in [6.07, 6.45) is 9.80. The van der Waals surface area contributed by atoms with Crippen LogP contribution in [0.2, 0.25) is 5.02 Å². The third-order valence-electron chi connectivity index (χ3n) is 4.87. The van der Waals surface area contributed by atoms with Crippen LogP contribution in [0.4, 0.5) is 0 Å². The Bertz CT molecular complexity index is 578. The minimum atomic E-state index is 0.154. The summed E-state index contributed by atoms with van der Waals surface area (Å²) in [5, 5.41) is 0.804. The zero-order valence-electron chi connectivity index (χ0n) is 13.7. The lowest BCUT2D eigenvalue weighted by molar-refractivity contribution is -0.612. The van der Waals surface area contributed by atoms with Crippen LogP contribution in [0.25, 0.3) is 0 Å². The molecule has 0 saturated carbocycles. The molecular weight excluding hydrogens is 292 g/mol. The van der Waals surface area contributed by atoms with Crippen LogP contribution in [0.1, 0.15) is 45.1 Å². The first-order valence-corrected chi connectivity index (χ1v) is 8.73. The number of likely N-dealkylation sites (tertiary alicyclic amines) is 1. The second kappa shape index (κ2) is 6.45. The van der Waals surface area contributed by atoms with Gasteiger partial charge >= 0.3 is 0 Å². The molecule has 0 N–H and O–H groups in total. The van der Waals surface area contributed by atoms with Crippen molar-refractivity contribution in [3.8, 4) is 0 Å². The number of hydrogen-bond acceptors (Lipinski definition) is 1. The Balaban J connectivity index is 1.76.